The van der Waals surface area contributed by atoms with Gasteiger partial charge in [-0.3, -0.25) is 5.10 Å². The zero-order valence-electron chi connectivity index (χ0n) is 9.40. The minimum Gasteiger partial charge on any atom is -0.312 e. The maximum Gasteiger partial charge on any atom is 0.137 e. The second kappa shape index (κ2) is 4.72. The third-order valence-corrected chi connectivity index (χ3v) is 3.15. The third-order valence-electron chi connectivity index (χ3n) is 3.15. The molecule has 0 saturated carbocycles. The smallest absolute Gasteiger partial charge is 0.137 e. The topological polar surface area (TPSA) is 56.8 Å². The number of hydrogen-bond acceptors (Lipinski definition) is 4. The second-order valence-electron chi connectivity index (χ2n) is 4.36. The minimum atomic E-state index is 0.632. The molecular formula is C10H19N5. The number of likely N-dealkylation sites (N-methyl/N-ethyl adjacent to an activating group) is 1. The normalized spacial score (nSPS) is 27.3. The summed E-state index contributed by atoms with van der Waals surface area (Å²) in [5.41, 5.74) is 0. The van der Waals surface area contributed by atoms with Crippen molar-refractivity contribution in [2.45, 2.75) is 31.8 Å². The van der Waals surface area contributed by atoms with Crippen LogP contribution in [-0.2, 0) is 6.42 Å². The van der Waals surface area contributed by atoms with Gasteiger partial charge in [0, 0.05) is 31.6 Å². The highest BCUT2D eigenvalue weighted by atomic mass is 15.2. The van der Waals surface area contributed by atoms with Gasteiger partial charge in [-0.1, -0.05) is 0 Å². The first kappa shape index (κ1) is 10.6. The molecule has 1 aliphatic heterocycles. The molecule has 0 aromatic carbocycles. The molecule has 2 unspecified atom stereocenters. The van der Waals surface area contributed by atoms with Crippen molar-refractivity contribution in [3.63, 3.8) is 0 Å². The van der Waals surface area contributed by atoms with Gasteiger partial charge in [-0.15, -0.1) is 0 Å². The summed E-state index contributed by atoms with van der Waals surface area (Å²) in [6.07, 6.45) is 3.72. The van der Waals surface area contributed by atoms with Crippen molar-refractivity contribution in [2.75, 3.05) is 20.1 Å². The molecule has 1 aliphatic rings. The van der Waals surface area contributed by atoms with Crippen molar-refractivity contribution in [1.29, 1.82) is 0 Å². The lowest BCUT2D eigenvalue weighted by Crippen LogP contribution is -2.33. The lowest BCUT2D eigenvalue weighted by Gasteiger charge is -2.13. The molecular weight excluding hydrogens is 190 g/mol. The van der Waals surface area contributed by atoms with Crippen LogP contribution in [0, 0.1) is 0 Å². The van der Waals surface area contributed by atoms with Crippen LogP contribution in [0.5, 0.6) is 0 Å². The first-order valence-electron chi connectivity index (χ1n) is 5.53. The van der Waals surface area contributed by atoms with Gasteiger partial charge in [0.2, 0.25) is 0 Å². The Hall–Kier alpha value is -0.940. The average molecular weight is 209 g/mol. The van der Waals surface area contributed by atoms with E-state index in [9.17, 15) is 0 Å². The highest BCUT2D eigenvalue weighted by Crippen LogP contribution is 2.14. The first-order valence-corrected chi connectivity index (χ1v) is 5.53. The summed E-state index contributed by atoms with van der Waals surface area (Å²) >= 11 is 0. The maximum atomic E-state index is 4.09. The Bertz CT molecular complexity index is 274. The molecule has 1 aromatic heterocycles. The molecule has 0 amide bonds. The Morgan fingerprint density at radius 2 is 2.53 bits per heavy atom. The Morgan fingerprint density at radius 1 is 1.67 bits per heavy atom. The predicted octanol–water partition coefficient (Wildman–Crippen LogP) is 0.0294. The van der Waals surface area contributed by atoms with Crippen molar-refractivity contribution < 1.29 is 0 Å². The van der Waals surface area contributed by atoms with Gasteiger partial charge in [0.15, 0.2) is 0 Å². The van der Waals surface area contributed by atoms with Crippen molar-refractivity contribution >= 4 is 0 Å². The Kier molecular flexibility index (Phi) is 3.33. The lowest BCUT2D eigenvalue weighted by molar-refractivity contribution is 0.327. The van der Waals surface area contributed by atoms with Crippen molar-refractivity contribution in [3.05, 3.63) is 12.2 Å². The van der Waals surface area contributed by atoms with Crippen molar-refractivity contribution in [2.24, 2.45) is 0 Å². The number of aromatic amines is 1. The van der Waals surface area contributed by atoms with Gasteiger partial charge in [0.1, 0.15) is 12.2 Å². The highest BCUT2D eigenvalue weighted by Gasteiger charge is 2.25. The molecule has 1 fully saturated rings. The number of aromatic nitrogens is 3. The SMILES string of the molecule is CC1CC(NCCc2ncn[nH]2)CN1C. The Morgan fingerprint density at radius 3 is 3.13 bits per heavy atom. The van der Waals surface area contributed by atoms with Crippen LogP contribution in [0.2, 0.25) is 0 Å². The molecule has 0 radical (unpaired) electrons. The third kappa shape index (κ3) is 2.76. The van der Waals surface area contributed by atoms with Gasteiger partial charge < -0.3 is 10.2 Å². The van der Waals surface area contributed by atoms with E-state index < -0.39 is 0 Å². The molecule has 1 aromatic rings. The first-order chi connectivity index (χ1) is 7.25. The van der Waals surface area contributed by atoms with Crippen LogP contribution in [0.15, 0.2) is 6.33 Å². The second-order valence-corrected chi connectivity index (χ2v) is 4.36. The van der Waals surface area contributed by atoms with E-state index >= 15 is 0 Å². The van der Waals surface area contributed by atoms with Crippen LogP contribution in [0.3, 0.4) is 0 Å². The zero-order chi connectivity index (χ0) is 10.7. The van der Waals surface area contributed by atoms with Gasteiger partial charge in [-0.2, -0.15) is 5.10 Å². The average Bonchev–Trinajstić information content (AvgIpc) is 2.79. The zero-order valence-corrected chi connectivity index (χ0v) is 9.40. The maximum absolute atomic E-state index is 4.09. The van der Waals surface area contributed by atoms with E-state index in [0.29, 0.717) is 12.1 Å². The largest absolute Gasteiger partial charge is 0.312 e. The van der Waals surface area contributed by atoms with Crippen molar-refractivity contribution in [1.82, 2.24) is 25.4 Å². The summed E-state index contributed by atoms with van der Waals surface area (Å²) in [4.78, 5) is 6.49. The van der Waals surface area contributed by atoms with Crippen LogP contribution < -0.4 is 5.32 Å². The quantitative estimate of drug-likeness (QED) is 0.734. The van der Waals surface area contributed by atoms with Gasteiger partial charge in [-0.05, 0) is 20.4 Å². The van der Waals surface area contributed by atoms with Crippen LogP contribution in [0.25, 0.3) is 0 Å². The molecule has 2 rings (SSSR count). The fourth-order valence-corrected chi connectivity index (χ4v) is 2.09. The number of nitrogens with one attached hydrogen (secondary N) is 2. The van der Waals surface area contributed by atoms with Crippen LogP contribution in [-0.4, -0.2) is 52.3 Å². The minimum absolute atomic E-state index is 0.632. The molecule has 2 N–H and O–H groups in total. The van der Waals surface area contributed by atoms with E-state index in [-0.39, 0.29) is 0 Å². The van der Waals surface area contributed by atoms with Gasteiger partial charge in [0.25, 0.3) is 0 Å². The molecule has 2 heterocycles. The molecule has 5 nitrogen and oxygen atoms in total. The van der Waals surface area contributed by atoms with E-state index in [0.717, 1.165) is 25.3 Å². The molecule has 5 heteroatoms. The molecule has 0 aliphatic carbocycles. The van der Waals surface area contributed by atoms with Gasteiger partial charge >= 0.3 is 0 Å². The fraction of sp³-hybridized carbons (Fsp3) is 0.800. The van der Waals surface area contributed by atoms with Crippen molar-refractivity contribution in [3.8, 4) is 0 Å². The van der Waals surface area contributed by atoms with E-state index in [4.69, 9.17) is 0 Å². The summed E-state index contributed by atoms with van der Waals surface area (Å²) in [5.74, 6) is 0.960. The standard InChI is InChI=1S/C10H19N5/c1-8-5-9(6-15(8)2)11-4-3-10-12-7-13-14-10/h7-9,11H,3-6H2,1-2H3,(H,12,13,14). The summed E-state index contributed by atoms with van der Waals surface area (Å²) in [7, 11) is 2.18. The molecule has 2 atom stereocenters. The number of likely N-dealkylation sites (tertiary alicyclic amines) is 1. The monoisotopic (exact) mass is 209 g/mol. The number of rotatable bonds is 4. The molecule has 15 heavy (non-hydrogen) atoms. The van der Waals surface area contributed by atoms with E-state index in [2.05, 4.69) is 39.4 Å². The number of nitrogens with zero attached hydrogens (tertiary/aromatic N) is 3. The number of H-pyrrole nitrogens is 1. The summed E-state index contributed by atoms with van der Waals surface area (Å²) < 4.78 is 0. The Labute approximate surface area is 90.3 Å². The summed E-state index contributed by atoms with van der Waals surface area (Å²) in [6.45, 7) is 4.40. The number of hydrogen-bond donors (Lipinski definition) is 2. The van der Waals surface area contributed by atoms with Crippen LogP contribution in [0.1, 0.15) is 19.2 Å². The lowest BCUT2D eigenvalue weighted by atomic mass is 10.2. The van der Waals surface area contributed by atoms with E-state index in [1.807, 2.05) is 0 Å². The van der Waals surface area contributed by atoms with Crippen LogP contribution in [0.4, 0.5) is 0 Å². The predicted molar refractivity (Wildman–Crippen MR) is 58.6 cm³/mol. The molecule has 1 saturated heterocycles. The summed E-state index contributed by atoms with van der Waals surface area (Å²) in [6, 6.07) is 1.33. The molecule has 0 bridgehead atoms. The fourth-order valence-electron chi connectivity index (χ4n) is 2.09. The van der Waals surface area contributed by atoms with Crippen LogP contribution >= 0.6 is 0 Å². The van der Waals surface area contributed by atoms with Gasteiger partial charge in [-0.25, -0.2) is 4.98 Å². The Balaban J connectivity index is 1.67. The van der Waals surface area contributed by atoms with E-state index in [1.54, 1.807) is 6.33 Å². The summed E-state index contributed by atoms with van der Waals surface area (Å²) in [5, 5.41) is 10.2. The highest BCUT2D eigenvalue weighted by molar-refractivity contribution is 4.87. The molecule has 84 valence electrons. The van der Waals surface area contributed by atoms with Gasteiger partial charge in [0.05, 0.1) is 0 Å². The van der Waals surface area contributed by atoms with E-state index in [1.165, 1.54) is 6.42 Å². The molecule has 0 spiro atoms.